The Hall–Kier alpha value is -3.19. The fourth-order valence-corrected chi connectivity index (χ4v) is 4.42. The van der Waals surface area contributed by atoms with Crippen molar-refractivity contribution in [1.29, 1.82) is 0 Å². The van der Waals surface area contributed by atoms with Crippen LogP contribution < -0.4 is 15.4 Å². The van der Waals surface area contributed by atoms with Crippen molar-refractivity contribution in [2.45, 2.75) is 25.9 Å². The molecule has 7 nitrogen and oxygen atoms in total. The van der Waals surface area contributed by atoms with Gasteiger partial charge in [0.05, 0.1) is 17.4 Å². The van der Waals surface area contributed by atoms with Crippen LogP contribution in [0, 0.1) is 0 Å². The quantitative estimate of drug-likeness (QED) is 0.655. The summed E-state index contributed by atoms with van der Waals surface area (Å²) in [5, 5.41) is 0.595. The molecular weight excluding hydrogens is 390 g/mol. The highest BCUT2D eigenvalue weighted by atomic mass is 16.2. The molecule has 5 rings (SSSR count). The second-order valence-electron chi connectivity index (χ2n) is 8.43. The van der Waals surface area contributed by atoms with Crippen LogP contribution in [0.15, 0.2) is 53.3 Å². The second-order valence-corrected chi connectivity index (χ2v) is 8.43. The Morgan fingerprint density at radius 1 is 0.903 bits per heavy atom. The van der Waals surface area contributed by atoms with Crippen molar-refractivity contribution in [3.63, 3.8) is 0 Å². The molecule has 1 aromatic heterocycles. The smallest absolute Gasteiger partial charge is 0.262 e. The van der Waals surface area contributed by atoms with E-state index >= 15 is 0 Å². The van der Waals surface area contributed by atoms with Crippen LogP contribution in [-0.4, -0.2) is 53.6 Å². The molecule has 2 aromatic carbocycles. The van der Waals surface area contributed by atoms with Crippen LogP contribution in [-0.2, 0) is 17.9 Å². The highest BCUT2D eigenvalue weighted by Crippen LogP contribution is 2.24. The average Bonchev–Trinajstić information content (AvgIpc) is 2.94. The van der Waals surface area contributed by atoms with Crippen LogP contribution in [0.3, 0.4) is 0 Å². The second kappa shape index (κ2) is 8.15. The van der Waals surface area contributed by atoms with Gasteiger partial charge in [-0.05, 0) is 43.3 Å². The number of fused-ring (bicyclic) bond motifs is 2. The number of hydrogen-bond acceptors (Lipinski definition) is 5. The molecule has 2 aliphatic heterocycles. The number of carbonyl (C=O) groups is 1. The number of benzene rings is 2. The van der Waals surface area contributed by atoms with E-state index in [1.54, 1.807) is 15.5 Å². The fraction of sp³-hybridized carbons (Fsp3) is 0.375. The number of hydrogen-bond donors (Lipinski definition) is 0. The molecule has 2 aliphatic rings. The van der Waals surface area contributed by atoms with Crippen LogP contribution in [0.25, 0.3) is 10.9 Å². The minimum Gasteiger partial charge on any atom is -0.369 e. The molecule has 1 amide bonds. The molecule has 0 aliphatic carbocycles. The molecule has 0 spiro atoms. The van der Waals surface area contributed by atoms with Gasteiger partial charge >= 0.3 is 0 Å². The molecule has 0 bridgehead atoms. The lowest BCUT2D eigenvalue weighted by Crippen LogP contribution is -2.44. The molecule has 3 aromatic rings. The summed E-state index contributed by atoms with van der Waals surface area (Å²) in [5.74, 6) is 0.464. The topological polar surface area (TPSA) is 61.7 Å². The number of carbonyl (C=O) groups excluding carboxylic acids is 1. The van der Waals surface area contributed by atoms with E-state index in [0.29, 0.717) is 42.8 Å². The molecule has 0 radical (unpaired) electrons. The lowest BCUT2D eigenvalue weighted by Gasteiger charge is -2.34. The molecule has 3 heterocycles. The van der Waals surface area contributed by atoms with Gasteiger partial charge in [-0.2, -0.15) is 0 Å². The Labute approximate surface area is 181 Å². The summed E-state index contributed by atoms with van der Waals surface area (Å²) in [5.41, 5.74) is 2.79. The first-order chi connectivity index (χ1) is 15.1. The zero-order valence-electron chi connectivity index (χ0n) is 17.8. The summed E-state index contributed by atoms with van der Waals surface area (Å²) in [7, 11) is 2.15. The number of piperazine rings is 1. The van der Waals surface area contributed by atoms with E-state index in [9.17, 15) is 9.59 Å². The molecule has 1 saturated heterocycles. The molecule has 7 heteroatoms. The van der Waals surface area contributed by atoms with Crippen molar-refractivity contribution in [2.75, 3.05) is 43.0 Å². The van der Waals surface area contributed by atoms with E-state index in [0.717, 1.165) is 31.7 Å². The Morgan fingerprint density at radius 2 is 1.65 bits per heavy atom. The summed E-state index contributed by atoms with van der Waals surface area (Å²) in [4.78, 5) is 37.1. The van der Waals surface area contributed by atoms with Gasteiger partial charge in [-0.3, -0.25) is 19.1 Å². The molecule has 0 unspecified atom stereocenters. The molecule has 160 valence electrons. The van der Waals surface area contributed by atoms with Crippen molar-refractivity contribution in [3.8, 4) is 0 Å². The monoisotopic (exact) mass is 417 g/mol. The minimum atomic E-state index is -0.0780. The third-order valence-electron chi connectivity index (χ3n) is 6.30. The van der Waals surface area contributed by atoms with Crippen LogP contribution in [0.4, 0.5) is 11.6 Å². The predicted octanol–water partition coefficient (Wildman–Crippen LogP) is 2.48. The number of aromatic nitrogens is 2. The van der Waals surface area contributed by atoms with Gasteiger partial charge in [-0.1, -0.05) is 24.3 Å². The summed E-state index contributed by atoms with van der Waals surface area (Å²) < 4.78 is 1.66. The van der Waals surface area contributed by atoms with E-state index in [1.165, 1.54) is 5.69 Å². The highest BCUT2D eigenvalue weighted by molar-refractivity contribution is 5.93. The van der Waals surface area contributed by atoms with Crippen LogP contribution in [0.5, 0.6) is 0 Å². The van der Waals surface area contributed by atoms with Crippen molar-refractivity contribution >= 4 is 28.4 Å². The third-order valence-corrected chi connectivity index (χ3v) is 6.30. The van der Waals surface area contributed by atoms with Gasteiger partial charge in [-0.25, -0.2) is 4.98 Å². The molecule has 1 fully saturated rings. The molecule has 31 heavy (non-hydrogen) atoms. The van der Waals surface area contributed by atoms with E-state index in [-0.39, 0.29) is 11.5 Å². The SMILES string of the molecule is CN1CCN(c2ccc(CN3C(=O)CCCn4c3nc3ccccc3c4=O)cc2)CC1. The number of nitrogens with zero attached hydrogens (tertiary/aromatic N) is 5. The Bertz CT molecular complexity index is 1160. The van der Waals surface area contributed by atoms with Gasteiger partial charge in [0.15, 0.2) is 0 Å². The predicted molar refractivity (Wildman–Crippen MR) is 123 cm³/mol. The van der Waals surface area contributed by atoms with Crippen LogP contribution >= 0.6 is 0 Å². The van der Waals surface area contributed by atoms with E-state index in [4.69, 9.17) is 4.98 Å². The highest BCUT2D eigenvalue weighted by Gasteiger charge is 2.26. The van der Waals surface area contributed by atoms with Crippen LogP contribution in [0.2, 0.25) is 0 Å². The van der Waals surface area contributed by atoms with Crippen LogP contribution in [0.1, 0.15) is 18.4 Å². The fourth-order valence-electron chi connectivity index (χ4n) is 4.42. The summed E-state index contributed by atoms with van der Waals surface area (Å²) in [6, 6.07) is 15.8. The normalized spacial score (nSPS) is 17.6. The summed E-state index contributed by atoms with van der Waals surface area (Å²) in [6.45, 7) is 5.09. The number of likely N-dealkylation sites (N-methyl/N-ethyl adjacent to an activating group) is 1. The van der Waals surface area contributed by atoms with Gasteiger partial charge in [0.2, 0.25) is 11.9 Å². The summed E-state index contributed by atoms with van der Waals surface area (Å²) >= 11 is 0. The zero-order valence-corrected chi connectivity index (χ0v) is 17.8. The average molecular weight is 418 g/mol. The van der Waals surface area contributed by atoms with E-state index < -0.39 is 0 Å². The molecular formula is C24H27N5O2. The van der Waals surface area contributed by atoms with Crippen molar-refractivity contribution in [1.82, 2.24) is 14.5 Å². The zero-order chi connectivity index (χ0) is 21.4. The van der Waals surface area contributed by atoms with E-state index in [1.807, 2.05) is 18.2 Å². The van der Waals surface area contributed by atoms with Gasteiger partial charge in [0.25, 0.3) is 5.56 Å². The van der Waals surface area contributed by atoms with Gasteiger partial charge < -0.3 is 9.80 Å². The maximum Gasteiger partial charge on any atom is 0.262 e. The van der Waals surface area contributed by atoms with E-state index in [2.05, 4.69) is 41.1 Å². The summed E-state index contributed by atoms with van der Waals surface area (Å²) in [6.07, 6.45) is 1.06. The largest absolute Gasteiger partial charge is 0.369 e. The van der Waals surface area contributed by atoms with Gasteiger partial charge in [-0.15, -0.1) is 0 Å². The third kappa shape index (κ3) is 3.81. The molecule has 0 saturated carbocycles. The van der Waals surface area contributed by atoms with Crippen molar-refractivity contribution in [2.24, 2.45) is 0 Å². The van der Waals surface area contributed by atoms with Gasteiger partial charge in [0, 0.05) is 44.8 Å². The van der Waals surface area contributed by atoms with Gasteiger partial charge in [0.1, 0.15) is 0 Å². The Balaban J connectivity index is 1.45. The Kier molecular flexibility index (Phi) is 5.19. The standard InChI is InChI=1S/C24H27N5O2/c1-26-13-15-27(16-14-26)19-10-8-18(9-11-19)17-29-22(30)7-4-12-28-23(31)20-5-2-3-6-21(20)25-24(28)29/h2-3,5-6,8-11H,4,7,12-17H2,1H3. The van der Waals surface area contributed by atoms with Crippen molar-refractivity contribution in [3.05, 3.63) is 64.4 Å². The van der Waals surface area contributed by atoms with Crippen molar-refractivity contribution < 1.29 is 4.79 Å². The Morgan fingerprint density at radius 3 is 2.42 bits per heavy atom. The lowest BCUT2D eigenvalue weighted by molar-refractivity contribution is -0.118. The number of rotatable bonds is 3. The first kappa shape index (κ1) is 19.8. The lowest BCUT2D eigenvalue weighted by atomic mass is 10.1. The number of para-hydroxylation sites is 1. The first-order valence-electron chi connectivity index (χ1n) is 10.9. The molecule has 0 atom stereocenters. The minimum absolute atomic E-state index is 0.0107. The number of amides is 1. The maximum absolute atomic E-state index is 13.0. The number of anilines is 2. The maximum atomic E-state index is 13.0. The first-order valence-corrected chi connectivity index (χ1v) is 10.9. The molecule has 0 N–H and O–H groups in total.